The third-order valence-corrected chi connectivity index (χ3v) is 5.14. The monoisotopic (exact) mass is 281 g/mol. The Balaban J connectivity index is 2.51. The van der Waals surface area contributed by atoms with Crippen LogP contribution in [0.1, 0.15) is 12.8 Å². The molecule has 1 saturated carbocycles. The molecule has 104 valence electrons. The Kier molecular flexibility index (Phi) is 4.50. The molecule has 9 heteroatoms. The number of carbonyl (C=O) groups is 2. The van der Waals surface area contributed by atoms with E-state index in [1.54, 1.807) is 0 Å². The van der Waals surface area contributed by atoms with Crippen molar-refractivity contribution in [2.24, 2.45) is 17.6 Å². The van der Waals surface area contributed by atoms with E-state index in [9.17, 15) is 24.2 Å². The predicted octanol–water partition coefficient (Wildman–Crippen LogP) is -0.902. The van der Waals surface area contributed by atoms with Crippen LogP contribution in [0, 0.1) is 11.8 Å². The van der Waals surface area contributed by atoms with Crippen molar-refractivity contribution in [1.29, 1.82) is 0 Å². The highest BCUT2D eigenvalue weighted by atomic mass is 31.2. The number of aliphatic carboxylic acids is 2. The number of aliphatic hydroxyl groups is 1. The van der Waals surface area contributed by atoms with Crippen LogP contribution >= 0.6 is 7.37 Å². The van der Waals surface area contributed by atoms with Crippen LogP contribution in [0.15, 0.2) is 0 Å². The zero-order valence-electron chi connectivity index (χ0n) is 9.47. The van der Waals surface area contributed by atoms with Crippen LogP contribution in [0.25, 0.3) is 0 Å². The average Bonchev–Trinajstić information content (AvgIpc) is 3.04. The van der Waals surface area contributed by atoms with Crippen LogP contribution in [0.5, 0.6) is 0 Å². The first-order valence-corrected chi connectivity index (χ1v) is 7.29. The van der Waals surface area contributed by atoms with Gasteiger partial charge in [-0.3, -0.25) is 14.2 Å². The van der Waals surface area contributed by atoms with Gasteiger partial charge in [0, 0.05) is 12.1 Å². The molecule has 0 amide bonds. The number of carboxylic acids is 2. The van der Waals surface area contributed by atoms with Crippen molar-refractivity contribution in [3.8, 4) is 0 Å². The second kappa shape index (κ2) is 5.36. The van der Waals surface area contributed by atoms with Gasteiger partial charge in [0.1, 0.15) is 11.9 Å². The quantitative estimate of drug-likeness (QED) is 0.375. The molecule has 1 fully saturated rings. The van der Waals surface area contributed by atoms with Crippen LogP contribution in [0.3, 0.4) is 0 Å². The lowest BCUT2D eigenvalue weighted by atomic mass is 10.2. The van der Waals surface area contributed by atoms with Gasteiger partial charge in [0.15, 0.2) is 0 Å². The SMILES string of the molecule is N[C@@H](CCP(=O)(O)[C@H](O)C1CC1C(=O)O)C(=O)O. The molecule has 0 aromatic carbocycles. The Hall–Kier alpha value is -0.950. The van der Waals surface area contributed by atoms with E-state index in [0.717, 1.165) is 0 Å². The predicted molar refractivity (Wildman–Crippen MR) is 60.2 cm³/mol. The third-order valence-electron chi connectivity index (χ3n) is 3.03. The van der Waals surface area contributed by atoms with Crippen molar-refractivity contribution in [3.05, 3.63) is 0 Å². The van der Waals surface area contributed by atoms with Gasteiger partial charge in [-0.1, -0.05) is 0 Å². The number of aliphatic hydroxyl groups excluding tert-OH is 1. The summed E-state index contributed by atoms with van der Waals surface area (Å²) in [5.41, 5.74) is 5.18. The highest BCUT2D eigenvalue weighted by Crippen LogP contribution is 2.57. The van der Waals surface area contributed by atoms with E-state index in [1.807, 2.05) is 0 Å². The summed E-state index contributed by atoms with van der Waals surface area (Å²) in [6, 6.07) is -1.27. The fraction of sp³-hybridized carbons (Fsp3) is 0.778. The zero-order chi connectivity index (χ0) is 14.1. The first-order chi connectivity index (χ1) is 8.16. The van der Waals surface area contributed by atoms with Crippen LogP contribution in [0.4, 0.5) is 0 Å². The summed E-state index contributed by atoms with van der Waals surface area (Å²) in [6.07, 6.45) is -0.527. The molecular formula is C9H16NO7P. The molecule has 1 aliphatic carbocycles. The Morgan fingerprint density at radius 3 is 2.33 bits per heavy atom. The highest BCUT2D eigenvalue weighted by Gasteiger charge is 2.53. The van der Waals surface area contributed by atoms with E-state index in [0.29, 0.717) is 0 Å². The Morgan fingerprint density at radius 2 is 1.94 bits per heavy atom. The molecule has 0 bridgehead atoms. The molecule has 0 spiro atoms. The summed E-state index contributed by atoms with van der Waals surface area (Å²) in [7, 11) is -4.00. The van der Waals surface area contributed by atoms with Crippen molar-refractivity contribution >= 4 is 19.3 Å². The van der Waals surface area contributed by atoms with E-state index in [1.165, 1.54) is 0 Å². The highest BCUT2D eigenvalue weighted by molar-refractivity contribution is 7.58. The van der Waals surface area contributed by atoms with E-state index in [-0.39, 0.29) is 12.8 Å². The largest absolute Gasteiger partial charge is 0.481 e. The van der Waals surface area contributed by atoms with Crippen molar-refractivity contribution in [3.63, 3.8) is 0 Å². The number of hydrogen-bond donors (Lipinski definition) is 5. The van der Waals surface area contributed by atoms with E-state index >= 15 is 0 Å². The molecule has 3 unspecified atom stereocenters. The number of rotatable bonds is 7. The van der Waals surface area contributed by atoms with Crippen LogP contribution < -0.4 is 5.73 Å². The van der Waals surface area contributed by atoms with E-state index in [2.05, 4.69) is 0 Å². The van der Waals surface area contributed by atoms with Crippen molar-refractivity contribution in [1.82, 2.24) is 0 Å². The van der Waals surface area contributed by atoms with Gasteiger partial charge in [0.25, 0.3) is 0 Å². The lowest BCUT2D eigenvalue weighted by Gasteiger charge is -2.18. The van der Waals surface area contributed by atoms with Gasteiger partial charge in [0.05, 0.1) is 5.92 Å². The second-order valence-corrected chi connectivity index (χ2v) is 6.96. The van der Waals surface area contributed by atoms with E-state index < -0.39 is 49.2 Å². The van der Waals surface area contributed by atoms with Gasteiger partial charge in [-0.15, -0.1) is 0 Å². The molecule has 0 aromatic heterocycles. The van der Waals surface area contributed by atoms with Crippen LogP contribution in [-0.2, 0) is 14.2 Å². The molecule has 0 saturated heterocycles. The first-order valence-electron chi connectivity index (χ1n) is 5.37. The van der Waals surface area contributed by atoms with Gasteiger partial charge in [-0.2, -0.15) is 0 Å². The average molecular weight is 281 g/mol. The van der Waals surface area contributed by atoms with Gasteiger partial charge in [-0.25, -0.2) is 0 Å². The second-order valence-electron chi connectivity index (χ2n) is 4.47. The third kappa shape index (κ3) is 3.52. The molecule has 18 heavy (non-hydrogen) atoms. The smallest absolute Gasteiger partial charge is 0.320 e. The standard InChI is InChI=1S/C9H16NO7P/c10-6(8(13)14)1-2-18(16,17)9(15)5-3-4(5)7(11)12/h4-6,9,15H,1-3,10H2,(H,11,12)(H,13,14)(H,16,17)/t4?,5?,6-,9-/m0/s1. The molecule has 0 heterocycles. The number of nitrogens with two attached hydrogens (primary N) is 1. The molecule has 1 aliphatic rings. The topological polar surface area (TPSA) is 158 Å². The number of hydrogen-bond acceptors (Lipinski definition) is 5. The molecule has 0 aromatic rings. The minimum Gasteiger partial charge on any atom is -0.481 e. The summed E-state index contributed by atoms with van der Waals surface area (Å²) in [6.45, 7) is 0. The minimum atomic E-state index is -4.00. The fourth-order valence-electron chi connectivity index (χ4n) is 1.71. The summed E-state index contributed by atoms with van der Waals surface area (Å²) >= 11 is 0. The summed E-state index contributed by atoms with van der Waals surface area (Å²) in [4.78, 5) is 30.6. The van der Waals surface area contributed by atoms with Gasteiger partial charge in [0.2, 0.25) is 7.37 Å². The summed E-state index contributed by atoms with van der Waals surface area (Å²) in [5, 5.41) is 26.8. The van der Waals surface area contributed by atoms with Gasteiger partial charge < -0.3 is 25.9 Å². The number of carboxylic acid groups (broad SMARTS) is 2. The molecule has 8 nitrogen and oxygen atoms in total. The molecule has 0 radical (unpaired) electrons. The van der Waals surface area contributed by atoms with Crippen LogP contribution in [0.2, 0.25) is 0 Å². The molecular weight excluding hydrogens is 265 g/mol. The molecule has 0 aliphatic heterocycles. The van der Waals surface area contributed by atoms with Crippen molar-refractivity contribution in [2.75, 3.05) is 6.16 Å². The van der Waals surface area contributed by atoms with E-state index in [4.69, 9.17) is 15.9 Å². The normalized spacial score (nSPS) is 29.1. The van der Waals surface area contributed by atoms with Gasteiger partial charge >= 0.3 is 11.9 Å². The van der Waals surface area contributed by atoms with Crippen molar-refractivity contribution in [2.45, 2.75) is 24.7 Å². The molecule has 1 rings (SSSR count). The lowest BCUT2D eigenvalue weighted by molar-refractivity contribution is -0.139. The Labute approximate surface area is 103 Å². The maximum atomic E-state index is 11.8. The van der Waals surface area contributed by atoms with Crippen molar-refractivity contribution < 1.29 is 34.4 Å². The minimum absolute atomic E-state index is 0.159. The lowest BCUT2D eigenvalue weighted by Crippen LogP contribution is -2.31. The maximum absolute atomic E-state index is 11.8. The first kappa shape index (κ1) is 15.1. The zero-order valence-corrected chi connectivity index (χ0v) is 10.4. The van der Waals surface area contributed by atoms with Gasteiger partial charge in [-0.05, 0) is 12.8 Å². The molecule has 6 N–H and O–H groups in total. The fourth-order valence-corrected chi connectivity index (χ4v) is 3.55. The molecule has 5 atom stereocenters. The van der Waals surface area contributed by atoms with Crippen LogP contribution in [-0.4, -0.2) is 50.2 Å². The summed E-state index contributed by atoms with van der Waals surface area (Å²) in [5.74, 6) is -5.56. The maximum Gasteiger partial charge on any atom is 0.320 e. The summed E-state index contributed by atoms with van der Waals surface area (Å²) < 4.78 is 11.8. The Bertz CT molecular complexity index is 398. The Morgan fingerprint density at radius 1 is 1.39 bits per heavy atom.